The molecule has 2 rings (SSSR count). The first-order valence-corrected chi connectivity index (χ1v) is 6.72. The lowest BCUT2D eigenvalue weighted by Crippen LogP contribution is -2.50. The Morgan fingerprint density at radius 2 is 2.39 bits per heavy atom. The molecule has 100 valence electrons. The van der Waals surface area contributed by atoms with Crippen molar-refractivity contribution in [1.29, 1.82) is 0 Å². The van der Waals surface area contributed by atoms with Crippen molar-refractivity contribution in [2.24, 2.45) is 0 Å². The Kier molecular flexibility index (Phi) is 4.62. The molecule has 0 spiro atoms. The van der Waals surface area contributed by atoms with Gasteiger partial charge < -0.3 is 15.2 Å². The molecule has 4 heteroatoms. The highest BCUT2D eigenvalue weighted by atomic mass is 35.5. The molecule has 1 aliphatic heterocycles. The van der Waals surface area contributed by atoms with Gasteiger partial charge in [0, 0.05) is 18.2 Å². The van der Waals surface area contributed by atoms with Crippen molar-refractivity contribution < 1.29 is 9.84 Å². The lowest BCUT2D eigenvalue weighted by molar-refractivity contribution is 0.120. The molecule has 1 aromatic carbocycles. The second-order valence-corrected chi connectivity index (χ2v) is 5.51. The molecule has 0 amide bonds. The minimum atomic E-state index is -0.257. The van der Waals surface area contributed by atoms with Crippen LogP contribution >= 0.6 is 11.6 Å². The quantitative estimate of drug-likeness (QED) is 0.861. The SMILES string of the molecule is C[C@H](CN[C@]1(CO)CCOC1)c1cccc(Cl)c1. The third-order valence-corrected chi connectivity index (χ3v) is 3.84. The zero-order valence-electron chi connectivity index (χ0n) is 10.7. The summed E-state index contributed by atoms with van der Waals surface area (Å²) in [5, 5.41) is 13.7. The maximum atomic E-state index is 9.48. The van der Waals surface area contributed by atoms with E-state index in [0.29, 0.717) is 12.5 Å². The summed E-state index contributed by atoms with van der Waals surface area (Å²) in [5.41, 5.74) is 0.953. The van der Waals surface area contributed by atoms with E-state index in [1.807, 2.05) is 18.2 Å². The summed E-state index contributed by atoms with van der Waals surface area (Å²) >= 11 is 5.99. The summed E-state index contributed by atoms with van der Waals surface area (Å²) in [5.74, 6) is 0.354. The minimum absolute atomic E-state index is 0.120. The van der Waals surface area contributed by atoms with Gasteiger partial charge >= 0.3 is 0 Å². The highest BCUT2D eigenvalue weighted by Crippen LogP contribution is 2.22. The largest absolute Gasteiger partial charge is 0.394 e. The van der Waals surface area contributed by atoms with Crippen molar-refractivity contribution in [3.8, 4) is 0 Å². The average Bonchev–Trinajstić information content (AvgIpc) is 2.85. The van der Waals surface area contributed by atoms with E-state index < -0.39 is 0 Å². The molecule has 18 heavy (non-hydrogen) atoms. The monoisotopic (exact) mass is 269 g/mol. The first-order chi connectivity index (χ1) is 8.65. The van der Waals surface area contributed by atoms with Crippen LogP contribution in [0.15, 0.2) is 24.3 Å². The fourth-order valence-electron chi connectivity index (χ4n) is 2.23. The number of aliphatic hydroxyl groups excluding tert-OH is 1. The number of aliphatic hydroxyl groups is 1. The van der Waals surface area contributed by atoms with Crippen molar-refractivity contribution in [3.63, 3.8) is 0 Å². The van der Waals surface area contributed by atoms with E-state index in [1.165, 1.54) is 5.56 Å². The first-order valence-electron chi connectivity index (χ1n) is 6.34. The van der Waals surface area contributed by atoms with Crippen molar-refractivity contribution >= 4 is 11.6 Å². The number of rotatable bonds is 5. The van der Waals surface area contributed by atoms with Crippen LogP contribution in [-0.2, 0) is 4.74 Å². The molecule has 0 aromatic heterocycles. The molecule has 1 aromatic rings. The van der Waals surface area contributed by atoms with Crippen LogP contribution in [0.25, 0.3) is 0 Å². The molecular formula is C14H20ClNO2. The summed E-state index contributed by atoms with van der Waals surface area (Å²) in [6, 6.07) is 7.92. The Morgan fingerprint density at radius 1 is 1.56 bits per heavy atom. The van der Waals surface area contributed by atoms with Gasteiger partial charge in [-0.1, -0.05) is 30.7 Å². The van der Waals surface area contributed by atoms with E-state index in [9.17, 15) is 5.11 Å². The minimum Gasteiger partial charge on any atom is -0.394 e. The summed E-state index contributed by atoms with van der Waals surface area (Å²) in [4.78, 5) is 0. The molecular weight excluding hydrogens is 250 g/mol. The maximum absolute atomic E-state index is 9.48. The second-order valence-electron chi connectivity index (χ2n) is 5.08. The maximum Gasteiger partial charge on any atom is 0.0673 e. The number of hydrogen-bond donors (Lipinski definition) is 2. The fraction of sp³-hybridized carbons (Fsp3) is 0.571. The Balaban J connectivity index is 1.93. The molecule has 1 heterocycles. The Hall–Kier alpha value is -0.610. The van der Waals surface area contributed by atoms with Gasteiger partial charge in [0.15, 0.2) is 0 Å². The molecule has 3 nitrogen and oxygen atoms in total. The molecule has 2 N–H and O–H groups in total. The van der Waals surface area contributed by atoms with Crippen LogP contribution < -0.4 is 5.32 Å². The number of hydrogen-bond acceptors (Lipinski definition) is 3. The average molecular weight is 270 g/mol. The number of nitrogens with one attached hydrogen (secondary N) is 1. The Bertz CT molecular complexity index is 391. The van der Waals surface area contributed by atoms with Crippen LogP contribution in [-0.4, -0.2) is 37.0 Å². The number of benzene rings is 1. The topological polar surface area (TPSA) is 41.5 Å². The summed E-state index contributed by atoms with van der Waals surface area (Å²) in [6.07, 6.45) is 0.867. The van der Waals surface area contributed by atoms with Crippen molar-refractivity contribution in [2.45, 2.75) is 24.8 Å². The molecule has 1 aliphatic rings. The standard InChI is InChI=1S/C14H20ClNO2/c1-11(12-3-2-4-13(15)7-12)8-16-14(9-17)5-6-18-10-14/h2-4,7,11,16-17H,5-6,8-10H2,1H3/t11-,14+/m1/s1. The third kappa shape index (κ3) is 3.23. The van der Waals surface area contributed by atoms with Gasteiger partial charge in [-0.2, -0.15) is 0 Å². The molecule has 2 atom stereocenters. The Morgan fingerprint density at radius 3 is 3.00 bits per heavy atom. The molecule has 0 bridgehead atoms. The van der Waals surface area contributed by atoms with Crippen LogP contribution in [0.3, 0.4) is 0 Å². The summed E-state index contributed by atoms with van der Waals surface area (Å²) in [7, 11) is 0. The van der Waals surface area contributed by atoms with Gasteiger partial charge in [0.2, 0.25) is 0 Å². The molecule has 1 saturated heterocycles. The highest BCUT2D eigenvalue weighted by molar-refractivity contribution is 6.30. The van der Waals surface area contributed by atoms with Gasteiger partial charge in [0.05, 0.1) is 18.8 Å². The number of halogens is 1. The van der Waals surface area contributed by atoms with Gasteiger partial charge in [-0.05, 0) is 30.0 Å². The molecule has 0 aliphatic carbocycles. The highest BCUT2D eigenvalue weighted by Gasteiger charge is 2.33. The van der Waals surface area contributed by atoms with Crippen LogP contribution in [0.2, 0.25) is 5.02 Å². The van der Waals surface area contributed by atoms with Crippen molar-refractivity contribution in [2.75, 3.05) is 26.4 Å². The van der Waals surface area contributed by atoms with Gasteiger partial charge in [0.25, 0.3) is 0 Å². The smallest absolute Gasteiger partial charge is 0.0673 e. The lowest BCUT2D eigenvalue weighted by atomic mass is 9.96. The van der Waals surface area contributed by atoms with Gasteiger partial charge in [-0.15, -0.1) is 0 Å². The molecule has 0 saturated carbocycles. The van der Waals surface area contributed by atoms with E-state index in [0.717, 1.165) is 24.6 Å². The van der Waals surface area contributed by atoms with Crippen LogP contribution in [0.1, 0.15) is 24.8 Å². The zero-order chi connectivity index (χ0) is 13.0. The first kappa shape index (κ1) is 13.8. The molecule has 0 radical (unpaired) electrons. The van der Waals surface area contributed by atoms with Crippen LogP contribution in [0, 0.1) is 0 Å². The summed E-state index contributed by atoms with van der Waals surface area (Å²) < 4.78 is 5.36. The predicted molar refractivity (Wildman–Crippen MR) is 73.1 cm³/mol. The second kappa shape index (κ2) is 6.02. The van der Waals surface area contributed by atoms with E-state index in [4.69, 9.17) is 16.3 Å². The van der Waals surface area contributed by atoms with E-state index in [-0.39, 0.29) is 12.1 Å². The van der Waals surface area contributed by atoms with Gasteiger partial charge in [-0.25, -0.2) is 0 Å². The lowest BCUT2D eigenvalue weighted by Gasteiger charge is -2.28. The van der Waals surface area contributed by atoms with Crippen molar-refractivity contribution in [1.82, 2.24) is 5.32 Å². The normalized spacial score (nSPS) is 25.3. The van der Waals surface area contributed by atoms with Gasteiger partial charge in [-0.3, -0.25) is 0 Å². The Labute approximate surface area is 113 Å². The van der Waals surface area contributed by atoms with E-state index >= 15 is 0 Å². The molecule has 1 fully saturated rings. The summed E-state index contributed by atoms with van der Waals surface area (Å²) in [6.45, 7) is 4.39. The van der Waals surface area contributed by atoms with Crippen LogP contribution in [0.5, 0.6) is 0 Å². The van der Waals surface area contributed by atoms with E-state index in [1.54, 1.807) is 0 Å². The van der Waals surface area contributed by atoms with E-state index in [2.05, 4.69) is 18.3 Å². The predicted octanol–water partition coefficient (Wildman–Crippen LogP) is 2.18. The number of ether oxygens (including phenoxy) is 1. The van der Waals surface area contributed by atoms with Crippen LogP contribution in [0.4, 0.5) is 0 Å². The molecule has 0 unspecified atom stereocenters. The zero-order valence-corrected chi connectivity index (χ0v) is 11.4. The fourth-order valence-corrected chi connectivity index (χ4v) is 2.43. The van der Waals surface area contributed by atoms with Crippen molar-refractivity contribution in [3.05, 3.63) is 34.9 Å². The third-order valence-electron chi connectivity index (χ3n) is 3.61. The van der Waals surface area contributed by atoms with Gasteiger partial charge in [0.1, 0.15) is 0 Å².